The van der Waals surface area contributed by atoms with E-state index < -0.39 is 0 Å². The summed E-state index contributed by atoms with van der Waals surface area (Å²) in [7, 11) is 0. The second kappa shape index (κ2) is 7.29. The molecule has 1 heterocycles. The molecule has 3 rings (SSSR count). The van der Waals surface area contributed by atoms with E-state index in [9.17, 15) is 9.59 Å². The molecule has 0 fully saturated rings. The molecule has 0 aliphatic carbocycles. The van der Waals surface area contributed by atoms with E-state index in [4.69, 9.17) is 11.6 Å². The number of thiophene rings is 1. The van der Waals surface area contributed by atoms with Crippen molar-refractivity contribution in [3.63, 3.8) is 0 Å². The van der Waals surface area contributed by atoms with E-state index in [2.05, 4.69) is 10.6 Å². The molecule has 0 radical (unpaired) electrons. The third-order valence-corrected chi connectivity index (χ3v) is 4.45. The Hall–Kier alpha value is -2.63. The largest absolute Gasteiger partial charge is 0.322 e. The molecule has 0 aliphatic heterocycles. The highest BCUT2D eigenvalue weighted by atomic mass is 35.5. The minimum Gasteiger partial charge on any atom is -0.322 e. The van der Waals surface area contributed by atoms with Gasteiger partial charge in [-0.15, -0.1) is 11.3 Å². The summed E-state index contributed by atoms with van der Waals surface area (Å²) in [5.74, 6) is -0.531. The van der Waals surface area contributed by atoms with Crippen molar-refractivity contribution in [2.45, 2.75) is 0 Å². The molecule has 2 N–H and O–H groups in total. The summed E-state index contributed by atoms with van der Waals surface area (Å²) >= 11 is 7.46. The Labute approximate surface area is 148 Å². The number of amides is 2. The fourth-order valence-electron chi connectivity index (χ4n) is 2.08. The van der Waals surface area contributed by atoms with E-state index in [0.717, 1.165) is 0 Å². The van der Waals surface area contributed by atoms with Crippen LogP contribution in [-0.4, -0.2) is 11.8 Å². The highest BCUT2D eigenvalue weighted by Gasteiger charge is 2.13. The Morgan fingerprint density at radius 1 is 0.875 bits per heavy atom. The van der Waals surface area contributed by atoms with Gasteiger partial charge in [0.25, 0.3) is 11.8 Å². The number of nitrogens with one attached hydrogen (secondary N) is 2. The quantitative estimate of drug-likeness (QED) is 0.698. The first-order valence-electron chi connectivity index (χ1n) is 7.14. The fourth-order valence-corrected chi connectivity index (χ4v) is 2.86. The monoisotopic (exact) mass is 356 g/mol. The molecule has 0 bridgehead atoms. The minimum atomic E-state index is -0.274. The van der Waals surface area contributed by atoms with Crippen LogP contribution in [0.2, 0.25) is 5.02 Å². The zero-order valence-corrected chi connectivity index (χ0v) is 14.0. The first-order chi connectivity index (χ1) is 11.6. The molecule has 3 aromatic rings. The molecular formula is C18H13ClN2O2S. The minimum absolute atomic E-state index is 0.257. The molecule has 2 amide bonds. The second-order valence-corrected chi connectivity index (χ2v) is 6.30. The van der Waals surface area contributed by atoms with Crippen LogP contribution in [0.3, 0.4) is 0 Å². The van der Waals surface area contributed by atoms with Gasteiger partial charge in [0.1, 0.15) is 0 Å². The lowest BCUT2D eigenvalue weighted by Crippen LogP contribution is -2.14. The highest BCUT2D eigenvalue weighted by molar-refractivity contribution is 7.12. The molecule has 6 heteroatoms. The van der Waals surface area contributed by atoms with Crippen molar-refractivity contribution in [3.8, 4) is 0 Å². The van der Waals surface area contributed by atoms with E-state index in [1.165, 1.54) is 11.3 Å². The topological polar surface area (TPSA) is 58.2 Å². The van der Waals surface area contributed by atoms with E-state index in [0.29, 0.717) is 26.8 Å². The van der Waals surface area contributed by atoms with Crippen molar-refractivity contribution in [3.05, 3.63) is 81.5 Å². The highest BCUT2D eigenvalue weighted by Crippen LogP contribution is 2.25. The van der Waals surface area contributed by atoms with Crippen molar-refractivity contribution >= 4 is 46.1 Å². The Balaban J connectivity index is 1.78. The van der Waals surface area contributed by atoms with Gasteiger partial charge in [0.05, 0.1) is 15.6 Å². The molecular weight excluding hydrogens is 344 g/mol. The molecule has 4 nitrogen and oxygen atoms in total. The van der Waals surface area contributed by atoms with Gasteiger partial charge in [-0.25, -0.2) is 0 Å². The molecule has 24 heavy (non-hydrogen) atoms. The van der Waals surface area contributed by atoms with Crippen LogP contribution in [-0.2, 0) is 0 Å². The van der Waals surface area contributed by atoms with E-state index in [1.807, 2.05) is 23.6 Å². The van der Waals surface area contributed by atoms with Crippen LogP contribution in [0, 0.1) is 0 Å². The molecule has 0 spiro atoms. The first-order valence-corrected chi connectivity index (χ1v) is 8.40. The van der Waals surface area contributed by atoms with Crippen molar-refractivity contribution in [1.29, 1.82) is 0 Å². The summed E-state index contributed by atoms with van der Waals surface area (Å²) < 4.78 is 0. The maximum Gasteiger partial charge on any atom is 0.265 e. The number of para-hydroxylation sites is 1. The number of carbonyl (C=O) groups is 2. The van der Waals surface area contributed by atoms with Crippen LogP contribution in [0.5, 0.6) is 0 Å². The van der Waals surface area contributed by atoms with Crippen molar-refractivity contribution in [2.24, 2.45) is 0 Å². The predicted molar refractivity (Wildman–Crippen MR) is 98.1 cm³/mol. The van der Waals surface area contributed by atoms with E-state index in [1.54, 1.807) is 42.5 Å². The van der Waals surface area contributed by atoms with Gasteiger partial charge in [-0.3, -0.25) is 9.59 Å². The molecule has 0 saturated heterocycles. The second-order valence-electron chi connectivity index (χ2n) is 4.95. The molecule has 0 aliphatic rings. The maximum atomic E-state index is 12.3. The Bertz CT molecular complexity index is 864. The van der Waals surface area contributed by atoms with Crippen molar-refractivity contribution in [1.82, 2.24) is 0 Å². The Morgan fingerprint density at radius 2 is 1.67 bits per heavy atom. The Morgan fingerprint density at radius 3 is 2.38 bits per heavy atom. The number of rotatable bonds is 4. The van der Waals surface area contributed by atoms with Crippen LogP contribution in [0.25, 0.3) is 0 Å². The number of halogens is 1. The molecule has 1 aromatic heterocycles. The number of hydrogen-bond donors (Lipinski definition) is 2. The Kier molecular flexibility index (Phi) is 4.93. The molecule has 0 saturated carbocycles. The third-order valence-electron chi connectivity index (χ3n) is 3.25. The van der Waals surface area contributed by atoms with E-state index in [-0.39, 0.29) is 11.8 Å². The van der Waals surface area contributed by atoms with Gasteiger partial charge in [-0.2, -0.15) is 0 Å². The third kappa shape index (κ3) is 3.82. The van der Waals surface area contributed by atoms with Gasteiger partial charge in [0, 0.05) is 11.3 Å². The lowest BCUT2D eigenvalue weighted by atomic mass is 10.1. The van der Waals surface area contributed by atoms with Crippen LogP contribution in [0.15, 0.2) is 66.0 Å². The predicted octanol–water partition coefficient (Wildman–Crippen LogP) is 4.91. The lowest BCUT2D eigenvalue weighted by molar-refractivity contribution is 0.101. The molecule has 2 aromatic carbocycles. The average Bonchev–Trinajstić information content (AvgIpc) is 3.12. The maximum absolute atomic E-state index is 12.3. The number of benzene rings is 2. The number of anilines is 2. The fraction of sp³-hybridized carbons (Fsp3) is 0. The zero-order chi connectivity index (χ0) is 16.9. The molecule has 0 atom stereocenters. The van der Waals surface area contributed by atoms with Gasteiger partial charge in [-0.05, 0) is 41.8 Å². The first kappa shape index (κ1) is 16.2. The van der Waals surface area contributed by atoms with Crippen LogP contribution < -0.4 is 10.6 Å². The number of hydrogen-bond acceptors (Lipinski definition) is 3. The molecule has 0 unspecified atom stereocenters. The lowest BCUT2D eigenvalue weighted by Gasteiger charge is -2.09. The van der Waals surface area contributed by atoms with Gasteiger partial charge >= 0.3 is 0 Å². The summed E-state index contributed by atoms with van der Waals surface area (Å²) in [6.07, 6.45) is 0. The van der Waals surface area contributed by atoms with Crippen molar-refractivity contribution in [2.75, 3.05) is 10.6 Å². The average molecular weight is 357 g/mol. The van der Waals surface area contributed by atoms with Gasteiger partial charge in [-0.1, -0.05) is 35.9 Å². The standard InChI is InChI=1S/C18H13ClN2O2S/c19-14-9-8-12(17(22)20-13-5-2-1-3-6-13)11-15(14)21-18(23)16-7-4-10-24-16/h1-11H,(H,20,22)(H,21,23). The molecule has 120 valence electrons. The summed E-state index contributed by atoms with van der Waals surface area (Å²) in [6.45, 7) is 0. The number of carbonyl (C=O) groups excluding carboxylic acids is 2. The summed E-state index contributed by atoms with van der Waals surface area (Å²) in [5.41, 5.74) is 1.50. The SMILES string of the molecule is O=C(Nc1ccccc1)c1ccc(Cl)c(NC(=O)c2cccs2)c1. The van der Waals surface area contributed by atoms with E-state index >= 15 is 0 Å². The van der Waals surface area contributed by atoms with Crippen molar-refractivity contribution < 1.29 is 9.59 Å². The van der Waals surface area contributed by atoms with Crippen LogP contribution in [0.1, 0.15) is 20.0 Å². The normalized spacial score (nSPS) is 10.2. The van der Waals surface area contributed by atoms with Gasteiger partial charge in [0.2, 0.25) is 0 Å². The summed E-state index contributed by atoms with van der Waals surface area (Å²) in [5, 5.41) is 7.72. The van der Waals surface area contributed by atoms with Gasteiger partial charge < -0.3 is 10.6 Å². The van der Waals surface area contributed by atoms with Gasteiger partial charge in [0.15, 0.2) is 0 Å². The van der Waals surface area contributed by atoms with Crippen LogP contribution >= 0.6 is 22.9 Å². The smallest absolute Gasteiger partial charge is 0.265 e. The summed E-state index contributed by atoms with van der Waals surface area (Å²) in [4.78, 5) is 25.0. The summed E-state index contributed by atoms with van der Waals surface area (Å²) in [6, 6.07) is 17.4. The zero-order valence-electron chi connectivity index (χ0n) is 12.5. The van der Waals surface area contributed by atoms with Crippen LogP contribution in [0.4, 0.5) is 11.4 Å².